The minimum atomic E-state index is -0.316. The van der Waals surface area contributed by atoms with E-state index in [-0.39, 0.29) is 5.91 Å². The van der Waals surface area contributed by atoms with Gasteiger partial charge < -0.3 is 0 Å². The molecule has 4 aromatic rings. The lowest BCUT2D eigenvalue weighted by atomic mass is 10.0. The maximum atomic E-state index is 12.8. The summed E-state index contributed by atoms with van der Waals surface area (Å²) in [4.78, 5) is 17.5. The third-order valence-electron chi connectivity index (χ3n) is 4.35. The molecule has 0 aliphatic carbocycles. The van der Waals surface area contributed by atoms with Gasteiger partial charge in [0.15, 0.2) is 0 Å². The molecule has 4 rings (SSSR count). The number of hydrogen-bond donors (Lipinski definition) is 1. The quantitative estimate of drug-likeness (QED) is 0.327. The van der Waals surface area contributed by atoms with Gasteiger partial charge in [0.1, 0.15) is 0 Å². The largest absolute Gasteiger partial charge is 0.272 e. The van der Waals surface area contributed by atoms with E-state index in [1.807, 2.05) is 48.5 Å². The second-order valence-corrected chi connectivity index (χ2v) is 7.20. The van der Waals surface area contributed by atoms with E-state index in [0.717, 1.165) is 22.0 Å². The van der Waals surface area contributed by atoms with E-state index in [1.165, 1.54) is 0 Å². The van der Waals surface area contributed by atoms with E-state index in [2.05, 4.69) is 15.5 Å². The molecule has 0 fully saturated rings. The lowest BCUT2D eigenvalue weighted by molar-refractivity contribution is 0.0957. The maximum Gasteiger partial charge on any atom is 0.272 e. The Kier molecular flexibility index (Phi) is 5.56. The number of benzene rings is 3. The topological polar surface area (TPSA) is 54.4 Å². The van der Waals surface area contributed by atoms with Crippen LogP contribution in [0.15, 0.2) is 84.0 Å². The van der Waals surface area contributed by atoms with Crippen molar-refractivity contribution in [3.05, 3.63) is 100 Å². The molecule has 0 unspecified atom stereocenters. The van der Waals surface area contributed by atoms with Gasteiger partial charge in [-0.05, 0) is 42.0 Å². The highest BCUT2D eigenvalue weighted by Crippen LogP contribution is 2.26. The summed E-state index contributed by atoms with van der Waals surface area (Å²) in [5.74, 6) is -0.316. The number of amides is 1. The summed E-state index contributed by atoms with van der Waals surface area (Å²) in [6.07, 6.45) is 1.57. The van der Waals surface area contributed by atoms with E-state index in [0.29, 0.717) is 21.3 Å². The summed E-state index contributed by atoms with van der Waals surface area (Å²) in [5.41, 5.74) is 6.20. The predicted octanol–water partition coefficient (Wildman–Crippen LogP) is 5.97. The molecule has 1 aromatic heterocycles. The first-order valence-corrected chi connectivity index (χ1v) is 9.60. The van der Waals surface area contributed by atoms with Crippen LogP contribution in [-0.2, 0) is 0 Å². The van der Waals surface area contributed by atoms with Crippen LogP contribution in [0, 0.1) is 0 Å². The monoisotopic (exact) mass is 419 g/mol. The van der Waals surface area contributed by atoms with Crippen LogP contribution in [0.4, 0.5) is 0 Å². The molecular weight excluding hydrogens is 405 g/mol. The number of nitrogens with zero attached hydrogens (tertiary/aromatic N) is 2. The molecule has 0 bridgehead atoms. The van der Waals surface area contributed by atoms with Gasteiger partial charge in [-0.25, -0.2) is 10.4 Å². The third-order valence-corrected chi connectivity index (χ3v) is 4.85. The number of pyridine rings is 1. The van der Waals surface area contributed by atoms with Crippen molar-refractivity contribution in [2.75, 3.05) is 0 Å². The van der Waals surface area contributed by atoms with E-state index < -0.39 is 0 Å². The van der Waals surface area contributed by atoms with Crippen molar-refractivity contribution in [1.82, 2.24) is 10.4 Å². The first kappa shape index (κ1) is 19.1. The Morgan fingerprint density at radius 1 is 0.897 bits per heavy atom. The summed E-state index contributed by atoms with van der Waals surface area (Å²) in [7, 11) is 0. The van der Waals surface area contributed by atoms with E-state index in [9.17, 15) is 4.79 Å². The van der Waals surface area contributed by atoms with Crippen LogP contribution in [0.3, 0.4) is 0 Å². The molecule has 3 aromatic carbocycles. The second kappa shape index (κ2) is 8.43. The Morgan fingerprint density at radius 3 is 2.28 bits per heavy atom. The van der Waals surface area contributed by atoms with Crippen LogP contribution in [0.2, 0.25) is 10.0 Å². The van der Waals surface area contributed by atoms with Crippen molar-refractivity contribution in [2.24, 2.45) is 5.10 Å². The highest BCUT2D eigenvalue weighted by molar-refractivity contribution is 6.30. The number of rotatable bonds is 4. The number of aromatic nitrogens is 1. The van der Waals surface area contributed by atoms with Crippen molar-refractivity contribution in [1.29, 1.82) is 0 Å². The molecule has 1 N–H and O–H groups in total. The van der Waals surface area contributed by atoms with Gasteiger partial charge in [0.2, 0.25) is 0 Å². The Balaban J connectivity index is 1.67. The van der Waals surface area contributed by atoms with E-state index in [1.54, 1.807) is 36.5 Å². The standard InChI is InChI=1S/C23H15Cl2N3O/c24-17-9-5-15(6-10-17)14-26-28-23(29)20-13-22(16-7-11-18(25)12-8-16)27-21-4-2-1-3-19(20)21/h1-14H,(H,28,29)/b26-14-. The minimum Gasteiger partial charge on any atom is -0.267 e. The number of hydrazone groups is 1. The molecule has 0 saturated carbocycles. The van der Waals surface area contributed by atoms with Gasteiger partial charge in [0.05, 0.1) is 23.0 Å². The Labute approximate surface area is 177 Å². The Morgan fingerprint density at radius 2 is 1.55 bits per heavy atom. The van der Waals surface area contributed by atoms with E-state index in [4.69, 9.17) is 23.2 Å². The normalized spacial score (nSPS) is 11.1. The number of para-hydroxylation sites is 1. The first-order chi connectivity index (χ1) is 14.1. The number of hydrogen-bond acceptors (Lipinski definition) is 3. The van der Waals surface area contributed by atoms with Crippen molar-refractivity contribution in [2.45, 2.75) is 0 Å². The molecule has 0 aliphatic heterocycles. The van der Waals surface area contributed by atoms with Crippen LogP contribution in [0.25, 0.3) is 22.2 Å². The van der Waals surface area contributed by atoms with Gasteiger partial charge in [0.25, 0.3) is 5.91 Å². The molecule has 1 amide bonds. The van der Waals surface area contributed by atoms with Crippen LogP contribution in [-0.4, -0.2) is 17.1 Å². The average Bonchev–Trinajstić information content (AvgIpc) is 2.75. The Bertz CT molecular complexity index is 1200. The SMILES string of the molecule is O=C(N/N=C\c1ccc(Cl)cc1)c1cc(-c2ccc(Cl)cc2)nc2ccccc12. The highest BCUT2D eigenvalue weighted by Gasteiger charge is 2.13. The molecule has 4 nitrogen and oxygen atoms in total. The summed E-state index contributed by atoms with van der Waals surface area (Å²) >= 11 is 11.9. The van der Waals surface area contributed by atoms with Gasteiger partial charge in [-0.3, -0.25) is 4.79 Å². The third kappa shape index (κ3) is 4.45. The van der Waals surface area contributed by atoms with Gasteiger partial charge >= 0.3 is 0 Å². The number of carbonyl (C=O) groups excluding carboxylic acids is 1. The number of fused-ring (bicyclic) bond motifs is 1. The molecular formula is C23H15Cl2N3O. The molecule has 0 atom stereocenters. The molecule has 1 heterocycles. The fourth-order valence-corrected chi connectivity index (χ4v) is 3.16. The molecule has 29 heavy (non-hydrogen) atoms. The van der Waals surface area contributed by atoms with Crippen LogP contribution < -0.4 is 5.43 Å². The van der Waals surface area contributed by atoms with Crippen LogP contribution in [0.1, 0.15) is 15.9 Å². The predicted molar refractivity (Wildman–Crippen MR) is 119 cm³/mol. The average molecular weight is 420 g/mol. The van der Waals surface area contributed by atoms with Crippen LogP contribution in [0.5, 0.6) is 0 Å². The van der Waals surface area contributed by atoms with Gasteiger partial charge in [0, 0.05) is 21.0 Å². The molecule has 6 heteroatoms. The van der Waals surface area contributed by atoms with Gasteiger partial charge in [-0.15, -0.1) is 0 Å². The van der Waals surface area contributed by atoms with Gasteiger partial charge in [-0.2, -0.15) is 5.10 Å². The molecule has 0 aliphatic rings. The molecule has 0 saturated heterocycles. The molecule has 0 spiro atoms. The highest BCUT2D eigenvalue weighted by atomic mass is 35.5. The summed E-state index contributed by atoms with van der Waals surface area (Å²) in [6, 6.07) is 23.8. The van der Waals surface area contributed by atoms with Crippen molar-refractivity contribution >= 4 is 46.2 Å². The lowest BCUT2D eigenvalue weighted by Crippen LogP contribution is -2.18. The van der Waals surface area contributed by atoms with Gasteiger partial charge in [-0.1, -0.05) is 65.7 Å². The molecule has 142 valence electrons. The zero-order valence-corrected chi connectivity index (χ0v) is 16.7. The van der Waals surface area contributed by atoms with Crippen molar-refractivity contribution in [3.63, 3.8) is 0 Å². The summed E-state index contributed by atoms with van der Waals surface area (Å²) in [5, 5.41) is 6.10. The fraction of sp³-hybridized carbons (Fsp3) is 0. The first-order valence-electron chi connectivity index (χ1n) is 8.85. The Hall–Kier alpha value is -3.21. The summed E-state index contributed by atoms with van der Waals surface area (Å²) in [6.45, 7) is 0. The van der Waals surface area contributed by atoms with E-state index >= 15 is 0 Å². The molecule has 0 radical (unpaired) electrons. The number of carbonyl (C=O) groups is 1. The second-order valence-electron chi connectivity index (χ2n) is 6.33. The van der Waals surface area contributed by atoms with Crippen LogP contribution >= 0.6 is 23.2 Å². The number of nitrogens with one attached hydrogen (secondary N) is 1. The fourth-order valence-electron chi connectivity index (χ4n) is 2.91. The minimum absolute atomic E-state index is 0.316. The zero-order valence-electron chi connectivity index (χ0n) is 15.1. The maximum absolute atomic E-state index is 12.8. The van der Waals surface area contributed by atoms with Crippen molar-refractivity contribution in [3.8, 4) is 11.3 Å². The number of halogens is 2. The zero-order chi connectivity index (χ0) is 20.2. The van der Waals surface area contributed by atoms with Crippen molar-refractivity contribution < 1.29 is 4.79 Å². The summed E-state index contributed by atoms with van der Waals surface area (Å²) < 4.78 is 0. The lowest BCUT2D eigenvalue weighted by Gasteiger charge is -2.09. The smallest absolute Gasteiger partial charge is 0.267 e.